The minimum Gasteiger partial charge on any atom is -0.487 e. The molecule has 0 bridgehead atoms. The standard InChI is InChI=1S/C12H15FN2O2/c1-8-7-15(12(16)6-14-2)10-4-3-9(13)5-11(10)17-8/h3-5,8,14H,6-7H2,1-2H3/t8-/m1/s1. The van der Waals surface area contributed by atoms with E-state index in [1.807, 2.05) is 6.92 Å². The number of carbonyl (C=O) groups excluding carboxylic acids is 1. The Morgan fingerprint density at radius 1 is 1.65 bits per heavy atom. The zero-order chi connectivity index (χ0) is 12.4. The first-order valence-corrected chi connectivity index (χ1v) is 5.53. The van der Waals surface area contributed by atoms with E-state index in [1.54, 1.807) is 18.0 Å². The zero-order valence-electron chi connectivity index (χ0n) is 9.87. The summed E-state index contributed by atoms with van der Waals surface area (Å²) in [5.41, 5.74) is 0.629. The summed E-state index contributed by atoms with van der Waals surface area (Å²) in [6, 6.07) is 4.21. The summed E-state index contributed by atoms with van der Waals surface area (Å²) in [6.07, 6.45) is -0.134. The van der Waals surface area contributed by atoms with E-state index in [9.17, 15) is 9.18 Å². The third-order valence-electron chi connectivity index (χ3n) is 2.61. The molecule has 4 nitrogen and oxygen atoms in total. The van der Waals surface area contributed by atoms with Crippen molar-refractivity contribution in [3.63, 3.8) is 0 Å². The third kappa shape index (κ3) is 2.39. The van der Waals surface area contributed by atoms with Crippen molar-refractivity contribution in [3.05, 3.63) is 24.0 Å². The summed E-state index contributed by atoms with van der Waals surface area (Å²) < 4.78 is 18.6. The number of rotatable bonds is 2. The number of nitrogens with zero attached hydrogens (tertiary/aromatic N) is 1. The highest BCUT2D eigenvalue weighted by Crippen LogP contribution is 2.33. The Hall–Kier alpha value is -1.62. The van der Waals surface area contributed by atoms with Crippen molar-refractivity contribution in [2.45, 2.75) is 13.0 Å². The van der Waals surface area contributed by atoms with Gasteiger partial charge in [0.05, 0.1) is 18.8 Å². The molecule has 17 heavy (non-hydrogen) atoms. The second kappa shape index (κ2) is 4.71. The van der Waals surface area contributed by atoms with Crippen LogP contribution in [0.5, 0.6) is 5.75 Å². The van der Waals surface area contributed by atoms with E-state index in [1.165, 1.54) is 12.1 Å². The van der Waals surface area contributed by atoms with Crippen LogP contribution in [0.4, 0.5) is 10.1 Å². The van der Waals surface area contributed by atoms with Crippen molar-refractivity contribution in [1.82, 2.24) is 5.32 Å². The molecule has 0 aliphatic carbocycles. The van der Waals surface area contributed by atoms with Crippen molar-refractivity contribution >= 4 is 11.6 Å². The first-order valence-electron chi connectivity index (χ1n) is 5.53. The van der Waals surface area contributed by atoms with Crippen LogP contribution in [0.2, 0.25) is 0 Å². The van der Waals surface area contributed by atoms with Crippen LogP contribution in [0.3, 0.4) is 0 Å². The highest BCUT2D eigenvalue weighted by Gasteiger charge is 2.27. The highest BCUT2D eigenvalue weighted by atomic mass is 19.1. The molecule has 1 aromatic carbocycles. The molecule has 0 aromatic heterocycles. The lowest BCUT2D eigenvalue weighted by Gasteiger charge is -2.33. The summed E-state index contributed by atoms with van der Waals surface area (Å²) in [7, 11) is 1.72. The summed E-state index contributed by atoms with van der Waals surface area (Å²) in [4.78, 5) is 13.5. The van der Waals surface area contributed by atoms with Crippen LogP contribution >= 0.6 is 0 Å². The van der Waals surface area contributed by atoms with E-state index in [4.69, 9.17) is 4.74 Å². The number of hydrogen-bond acceptors (Lipinski definition) is 3. The van der Waals surface area contributed by atoms with Gasteiger partial charge >= 0.3 is 0 Å². The molecule has 0 unspecified atom stereocenters. The molecule has 1 atom stereocenters. The lowest BCUT2D eigenvalue weighted by atomic mass is 10.2. The molecule has 2 rings (SSSR count). The van der Waals surface area contributed by atoms with Gasteiger partial charge in [-0.2, -0.15) is 0 Å². The quantitative estimate of drug-likeness (QED) is 0.840. The Kier molecular flexibility index (Phi) is 3.28. The molecular formula is C12H15FN2O2. The minimum atomic E-state index is -0.362. The molecule has 0 saturated heterocycles. The molecule has 1 amide bonds. The van der Waals surface area contributed by atoms with Gasteiger partial charge in [0.1, 0.15) is 17.7 Å². The smallest absolute Gasteiger partial charge is 0.241 e. The fourth-order valence-electron chi connectivity index (χ4n) is 1.90. The lowest BCUT2D eigenvalue weighted by molar-refractivity contribution is -0.118. The number of amides is 1. The molecule has 1 aliphatic heterocycles. The fourth-order valence-corrected chi connectivity index (χ4v) is 1.90. The molecule has 92 valence electrons. The Balaban J connectivity index is 2.34. The molecule has 0 spiro atoms. The maximum Gasteiger partial charge on any atom is 0.241 e. The van der Waals surface area contributed by atoms with Crippen LogP contribution in [0.15, 0.2) is 18.2 Å². The highest BCUT2D eigenvalue weighted by molar-refractivity contribution is 5.96. The van der Waals surface area contributed by atoms with Crippen LogP contribution < -0.4 is 15.0 Å². The fraction of sp³-hybridized carbons (Fsp3) is 0.417. The van der Waals surface area contributed by atoms with Crippen LogP contribution in [0.1, 0.15) is 6.92 Å². The van der Waals surface area contributed by atoms with Gasteiger partial charge in [-0.25, -0.2) is 4.39 Å². The van der Waals surface area contributed by atoms with Crippen molar-refractivity contribution in [2.24, 2.45) is 0 Å². The van der Waals surface area contributed by atoms with E-state index in [0.29, 0.717) is 18.0 Å². The van der Waals surface area contributed by atoms with Crippen molar-refractivity contribution in [2.75, 3.05) is 25.0 Å². The molecule has 1 heterocycles. The van der Waals surface area contributed by atoms with Gasteiger partial charge in [0.15, 0.2) is 0 Å². The predicted octanol–water partition coefficient (Wildman–Crippen LogP) is 1.16. The van der Waals surface area contributed by atoms with Gasteiger partial charge in [-0.3, -0.25) is 4.79 Å². The van der Waals surface area contributed by atoms with Gasteiger partial charge in [0.2, 0.25) is 5.91 Å². The molecule has 5 heteroatoms. The number of carbonyl (C=O) groups is 1. The molecular weight excluding hydrogens is 223 g/mol. The number of anilines is 1. The SMILES string of the molecule is CNCC(=O)N1C[C@@H](C)Oc2cc(F)ccc21. The first-order chi connectivity index (χ1) is 8.11. The number of ether oxygens (including phenoxy) is 1. The first kappa shape index (κ1) is 11.9. The maximum atomic E-state index is 13.1. The lowest BCUT2D eigenvalue weighted by Crippen LogP contribution is -2.45. The van der Waals surface area contributed by atoms with E-state index >= 15 is 0 Å². The van der Waals surface area contributed by atoms with Crippen LogP contribution in [0, 0.1) is 5.82 Å². The second-order valence-corrected chi connectivity index (χ2v) is 4.08. The summed E-state index contributed by atoms with van der Waals surface area (Å²) in [6.45, 7) is 2.59. The van der Waals surface area contributed by atoms with E-state index in [0.717, 1.165) is 0 Å². The normalized spacial score (nSPS) is 18.5. The number of fused-ring (bicyclic) bond motifs is 1. The van der Waals surface area contributed by atoms with E-state index in [2.05, 4.69) is 5.32 Å². The Labute approximate surface area is 99.4 Å². The number of benzene rings is 1. The third-order valence-corrected chi connectivity index (χ3v) is 2.61. The van der Waals surface area contributed by atoms with Crippen molar-refractivity contribution in [1.29, 1.82) is 0 Å². The molecule has 0 saturated carbocycles. The molecule has 1 aromatic rings. The Morgan fingerprint density at radius 3 is 3.12 bits per heavy atom. The molecule has 1 N–H and O–H groups in total. The van der Waals surface area contributed by atoms with Crippen LogP contribution in [0.25, 0.3) is 0 Å². The van der Waals surface area contributed by atoms with Gasteiger partial charge in [0, 0.05) is 6.07 Å². The van der Waals surface area contributed by atoms with Gasteiger partial charge in [0.25, 0.3) is 0 Å². The topological polar surface area (TPSA) is 41.6 Å². The van der Waals surface area contributed by atoms with Gasteiger partial charge in [-0.15, -0.1) is 0 Å². The number of halogens is 1. The average Bonchev–Trinajstić information content (AvgIpc) is 2.27. The number of hydrogen-bond donors (Lipinski definition) is 1. The average molecular weight is 238 g/mol. The summed E-state index contributed by atoms with van der Waals surface area (Å²) >= 11 is 0. The van der Waals surface area contributed by atoms with Gasteiger partial charge in [-0.1, -0.05) is 0 Å². The Morgan fingerprint density at radius 2 is 2.41 bits per heavy atom. The largest absolute Gasteiger partial charge is 0.487 e. The van der Waals surface area contributed by atoms with Gasteiger partial charge < -0.3 is 15.0 Å². The number of likely N-dealkylation sites (N-methyl/N-ethyl adjacent to an activating group) is 1. The summed E-state index contributed by atoms with van der Waals surface area (Å²) in [5.74, 6) is 0.0163. The van der Waals surface area contributed by atoms with Crippen LogP contribution in [-0.2, 0) is 4.79 Å². The molecule has 0 fully saturated rings. The maximum absolute atomic E-state index is 13.1. The van der Waals surface area contributed by atoms with Crippen LogP contribution in [-0.4, -0.2) is 32.1 Å². The second-order valence-electron chi connectivity index (χ2n) is 4.08. The minimum absolute atomic E-state index is 0.0458. The predicted molar refractivity (Wildman–Crippen MR) is 62.8 cm³/mol. The van der Waals surface area contributed by atoms with E-state index < -0.39 is 0 Å². The molecule has 1 aliphatic rings. The van der Waals surface area contributed by atoms with Crippen molar-refractivity contribution in [3.8, 4) is 5.75 Å². The monoisotopic (exact) mass is 238 g/mol. The van der Waals surface area contributed by atoms with Crippen molar-refractivity contribution < 1.29 is 13.9 Å². The zero-order valence-corrected chi connectivity index (χ0v) is 9.87. The van der Waals surface area contributed by atoms with E-state index in [-0.39, 0.29) is 24.4 Å². The Bertz CT molecular complexity index is 437. The summed E-state index contributed by atoms with van der Waals surface area (Å²) in [5, 5.41) is 2.82. The molecule has 0 radical (unpaired) electrons. The van der Waals surface area contributed by atoms with Gasteiger partial charge in [-0.05, 0) is 26.1 Å². The number of nitrogens with one attached hydrogen (secondary N) is 1.